The van der Waals surface area contributed by atoms with Gasteiger partial charge in [-0.1, -0.05) is 13.8 Å². The van der Waals surface area contributed by atoms with Crippen molar-refractivity contribution in [3.63, 3.8) is 0 Å². The van der Waals surface area contributed by atoms with E-state index < -0.39 is 17.4 Å². The lowest BCUT2D eigenvalue weighted by atomic mass is 10.1. The summed E-state index contributed by atoms with van der Waals surface area (Å²) >= 11 is 0. The van der Waals surface area contributed by atoms with Crippen LogP contribution in [0.2, 0.25) is 0 Å². The molecule has 2 heterocycles. The first-order valence-electron chi connectivity index (χ1n) is 10.6. The second-order valence-electron chi connectivity index (χ2n) is 6.99. The molecule has 3 rings (SSSR count). The largest absolute Gasteiger partial charge is 0.396 e. The SMILES string of the molecule is CC.Cc1cc2nc3c(=O)[nH]c(=O)nc-3n(CC[C@H](O)CCO)c2cc1NCCCN. The Bertz CT molecular complexity index is 1080. The number of aliphatic hydroxyl groups excluding tert-OH is 2. The molecule has 0 amide bonds. The quantitative estimate of drug-likeness (QED) is 0.245. The summed E-state index contributed by atoms with van der Waals surface area (Å²) in [6.45, 7) is 7.41. The molecular formula is C21H32N6O4. The summed E-state index contributed by atoms with van der Waals surface area (Å²) in [7, 11) is 0. The van der Waals surface area contributed by atoms with Crippen molar-refractivity contribution in [1.82, 2.24) is 19.5 Å². The minimum Gasteiger partial charge on any atom is -0.396 e. The monoisotopic (exact) mass is 432 g/mol. The number of benzene rings is 1. The van der Waals surface area contributed by atoms with Gasteiger partial charge in [-0.05, 0) is 50.4 Å². The molecule has 1 atom stereocenters. The van der Waals surface area contributed by atoms with Crippen LogP contribution in [0.1, 0.15) is 38.7 Å². The molecule has 1 aromatic rings. The third kappa shape index (κ3) is 5.87. The minimum atomic E-state index is -0.748. The van der Waals surface area contributed by atoms with Crippen molar-refractivity contribution >= 4 is 16.7 Å². The van der Waals surface area contributed by atoms with E-state index in [9.17, 15) is 14.7 Å². The molecule has 0 spiro atoms. The molecule has 0 aliphatic carbocycles. The van der Waals surface area contributed by atoms with E-state index in [1.165, 1.54) is 0 Å². The van der Waals surface area contributed by atoms with E-state index in [-0.39, 0.29) is 24.5 Å². The Labute approximate surface area is 180 Å². The Morgan fingerprint density at radius 1 is 1.23 bits per heavy atom. The normalized spacial score (nSPS) is 11.9. The summed E-state index contributed by atoms with van der Waals surface area (Å²) in [5.41, 5.74) is 7.40. The molecule has 31 heavy (non-hydrogen) atoms. The van der Waals surface area contributed by atoms with E-state index >= 15 is 0 Å². The van der Waals surface area contributed by atoms with Crippen LogP contribution in [-0.4, -0.2) is 55.5 Å². The van der Waals surface area contributed by atoms with Crippen molar-refractivity contribution < 1.29 is 10.2 Å². The fourth-order valence-corrected chi connectivity index (χ4v) is 3.26. The molecule has 0 bridgehead atoms. The molecule has 0 aromatic heterocycles. The predicted octanol–water partition coefficient (Wildman–Crippen LogP) is 0.813. The fourth-order valence-electron chi connectivity index (χ4n) is 3.26. The van der Waals surface area contributed by atoms with Crippen LogP contribution in [0.5, 0.6) is 0 Å². The first-order valence-corrected chi connectivity index (χ1v) is 10.6. The maximum absolute atomic E-state index is 12.3. The van der Waals surface area contributed by atoms with Crippen molar-refractivity contribution in [3.05, 3.63) is 38.5 Å². The smallest absolute Gasteiger partial charge is 0.349 e. The first kappa shape index (κ1) is 24.4. The third-order valence-corrected chi connectivity index (χ3v) is 4.80. The molecular weight excluding hydrogens is 400 g/mol. The van der Waals surface area contributed by atoms with Crippen molar-refractivity contribution in [2.24, 2.45) is 5.73 Å². The molecule has 0 fully saturated rings. The first-order chi connectivity index (χ1) is 14.9. The Balaban J connectivity index is 0.00000166. The van der Waals surface area contributed by atoms with Gasteiger partial charge in [-0.15, -0.1) is 0 Å². The summed E-state index contributed by atoms with van der Waals surface area (Å²) in [5.74, 6) is 0.166. The summed E-state index contributed by atoms with van der Waals surface area (Å²) in [4.78, 5) is 34.6. The van der Waals surface area contributed by atoms with Gasteiger partial charge in [0.15, 0.2) is 11.5 Å². The van der Waals surface area contributed by atoms with Gasteiger partial charge in [0.2, 0.25) is 0 Å². The highest BCUT2D eigenvalue weighted by molar-refractivity contribution is 5.84. The van der Waals surface area contributed by atoms with E-state index in [1.807, 2.05) is 32.9 Å². The summed E-state index contributed by atoms with van der Waals surface area (Å²) < 4.78 is 1.72. The van der Waals surface area contributed by atoms with E-state index in [2.05, 4.69) is 20.3 Å². The topological polar surface area (TPSA) is 159 Å². The molecule has 1 aromatic carbocycles. The Morgan fingerprint density at radius 3 is 2.65 bits per heavy atom. The number of aromatic nitrogens is 4. The maximum Gasteiger partial charge on any atom is 0.349 e. The molecule has 10 heteroatoms. The number of nitrogens with zero attached hydrogens (tertiary/aromatic N) is 3. The summed E-state index contributed by atoms with van der Waals surface area (Å²) in [6, 6.07) is 3.77. The van der Waals surface area contributed by atoms with E-state index in [0.29, 0.717) is 37.1 Å². The number of H-pyrrole nitrogens is 1. The number of aryl methyl sites for hydroxylation is 2. The fraction of sp³-hybridized carbons (Fsp3) is 0.524. The van der Waals surface area contributed by atoms with Crippen molar-refractivity contribution in [2.45, 2.75) is 52.7 Å². The van der Waals surface area contributed by atoms with Crippen LogP contribution in [0.3, 0.4) is 0 Å². The Hall–Kier alpha value is -2.82. The second kappa shape index (κ2) is 11.5. The van der Waals surface area contributed by atoms with Crippen LogP contribution >= 0.6 is 0 Å². The van der Waals surface area contributed by atoms with Crippen molar-refractivity contribution in [2.75, 3.05) is 25.0 Å². The summed E-state index contributed by atoms with van der Waals surface area (Å²) in [5, 5.41) is 22.4. The third-order valence-electron chi connectivity index (χ3n) is 4.80. The number of aliphatic hydroxyl groups is 2. The van der Waals surface area contributed by atoms with Gasteiger partial charge < -0.3 is 25.8 Å². The van der Waals surface area contributed by atoms with Crippen LogP contribution < -0.4 is 22.3 Å². The Kier molecular flexibility index (Phi) is 9.10. The van der Waals surface area contributed by atoms with Gasteiger partial charge in [0.1, 0.15) is 0 Å². The average molecular weight is 433 g/mol. The lowest BCUT2D eigenvalue weighted by Crippen LogP contribution is -2.29. The van der Waals surface area contributed by atoms with Crippen molar-refractivity contribution in [1.29, 1.82) is 0 Å². The van der Waals surface area contributed by atoms with Gasteiger partial charge in [0, 0.05) is 25.4 Å². The molecule has 0 unspecified atom stereocenters. The van der Waals surface area contributed by atoms with Gasteiger partial charge in [-0.2, -0.15) is 4.98 Å². The molecule has 6 N–H and O–H groups in total. The summed E-state index contributed by atoms with van der Waals surface area (Å²) in [6.07, 6.45) is 0.670. The minimum absolute atomic E-state index is 0.0667. The van der Waals surface area contributed by atoms with Gasteiger partial charge in [-0.3, -0.25) is 9.78 Å². The molecule has 2 aliphatic rings. The molecule has 0 radical (unpaired) electrons. The molecule has 0 saturated heterocycles. The van der Waals surface area contributed by atoms with Gasteiger partial charge >= 0.3 is 5.69 Å². The zero-order valence-corrected chi connectivity index (χ0v) is 18.3. The van der Waals surface area contributed by atoms with Crippen LogP contribution in [0, 0.1) is 6.92 Å². The number of nitrogens with two attached hydrogens (primary N) is 1. The lowest BCUT2D eigenvalue weighted by Gasteiger charge is -2.20. The van der Waals surface area contributed by atoms with Crippen molar-refractivity contribution in [3.8, 4) is 11.5 Å². The van der Waals surface area contributed by atoms with Gasteiger partial charge in [-0.25, -0.2) is 9.78 Å². The number of rotatable bonds is 9. The highest BCUT2D eigenvalue weighted by Gasteiger charge is 2.20. The molecule has 170 valence electrons. The maximum atomic E-state index is 12.3. The van der Waals surface area contributed by atoms with Gasteiger partial charge in [0.25, 0.3) is 5.56 Å². The number of anilines is 1. The van der Waals surface area contributed by atoms with Crippen LogP contribution in [0.4, 0.5) is 5.69 Å². The molecule has 0 saturated carbocycles. The number of nitrogens with one attached hydrogen (secondary N) is 2. The predicted molar refractivity (Wildman–Crippen MR) is 122 cm³/mol. The van der Waals surface area contributed by atoms with E-state index in [4.69, 9.17) is 10.8 Å². The highest BCUT2D eigenvalue weighted by atomic mass is 16.3. The standard InChI is InChI=1S/C19H26N6O4.C2H6/c1-11-9-14-15(10-13(11)21-6-2-5-20)25(7-3-12(27)4-8-26)17-16(22-14)18(28)24-19(29)23-17;1-2/h9-10,12,21,26-27H,2-8,20H2,1H3,(H,24,28,29);1-2H3/t12-;/m0./s1. The zero-order valence-electron chi connectivity index (χ0n) is 18.3. The molecule has 10 nitrogen and oxygen atoms in total. The average Bonchev–Trinajstić information content (AvgIpc) is 2.74. The van der Waals surface area contributed by atoms with E-state index in [0.717, 1.165) is 17.7 Å². The van der Waals surface area contributed by atoms with E-state index in [1.54, 1.807) is 4.57 Å². The zero-order chi connectivity index (χ0) is 23.0. The number of hydrogen-bond acceptors (Lipinski definition) is 8. The van der Waals surface area contributed by atoms with Crippen LogP contribution in [0.25, 0.3) is 22.6 Å². The number of aromatic amines is 1. The Morgan fingerprint density at radius 2 is 1.97 bits per heavy atom. The van der Waals surface area contributed by atoms with Crippen LogP contribution in [0.15, 0.2) is 21.7 Å². The number of hydrogen-bond donors (Lipinski definition) is 5. The second-order valence-corrected chi connectivity index (χ2v) is 6.99. The molecule has 2 aliphatic heterocycles. The van der Waals surface area contributed by atoms with Crippen LogP contribution in [-0.2, 0) is 6.54 Å². The van der Waals surface area contributed by atoms with Gasteiger partial charge in [0.05, 0.1) is 17.1 Å². The highest BCUT2D eigenvalue weighted by Crippen LogP contribution is 2.27. The lowest BCUT2D eigenvalue weighted by molar-refractivity contribution is 0.121. The number of fused-ring (bicyclic) bond motifs is 2.